The van der Waals surface area contributed by atoms with Gasteiger partial charge in [0, 0.05) is 78.9 Å². The van der Waals surface area contributed by atoms with Crippen LogP contribution in [-0.2, 0) is 27.3 Å². The third-order valence-electron chi connectivity index (χ3n) is 28.7. The number of aliphatic hydroxyl groups is 1. The number of phenolic OH excluding ortho intramolecular Hbond substituents is 1. The number of ether oxygens (including phenoxy) is 2. The van der Waals surface area contributed by atoms with Crippen molar-refractivity contribution >= 4 is 39.4 Å². The van der Waals surface area contributed by atoms with Crippen LogP contribution in [0, 0.1) is 68.5 Å². The van der Waals surface area contributed by atoms with Crippen molar-refractivity contribution in [2.75, 3.05) is 18.8 Å². The molecule has 454 valence electrons. The quantitative estimate of drug-likeness (QED) is 0.130. The molecule has 84 heavy (non-hydrogen) atoms. The molecule has 12 heteroatoms. The summed E-state index contributed by atoms with van der Waals surface area (Å²) >= 11 is 0. The van der Waals surface area contributed by atoms with Gasteiger partial charge in [0.05, 0.1) is 6.10 Å². The van der Waals surface area contributed by atoms with Crippen molar-refractivity contribution in [3.8, 4) is 11.5 Å². The highest BCUT2D eigenvalue weighted by Crippen LogP contribution is 2.84. The van der Waals surface area contributed by atoms with Gasteiger partial charge in [0.1, 0.15) is 16.1 Å². The Morgan fingerprint density at radius 2 is 1.56 bits per heavy atom. The number of nitrogens with two attached hydrogens (primary N) is 1. The number of carbonyl (C=O) groups excluding carboxylic acids is 2. The lowest BCUT2D eigenvalue weighted by molar-refractivity contribution is -0.178. The van der Waals surface area contributed by atoms with Gasteiger partial charge in [-0.1, -0.05) is 83.7 Å². The summed E-state index contributed by atoms with van der Waals surface area (Å²) in [5, 5.41) is 30.0. The average Bonchev–Trinajstić information content (AvgIpc) is 1.86. The number of carbonyl (C=O) groups is 2. The molecular formula is C72H98N4O6S2. The molecule has 17 atom stereocenters. The molecule has 17 aliphatic rings. The van der Waals surface area contributed by atoms with Crippen LogP contribution in [0.4, 0.5) is 0 Å². The number of guanidine groups is 1. The molecule has 2 aromatic carbocycles. The Morgan fingerprint density at radius 3 is 2.42 bits per heavy atom. The van der Waals surface area contributed by atoms with Crippen molar-refractivity contribution in [2.24, 2.45) is 79.2 Å². The summed E-state index contributed by atoms with van der Waals surface area (Å²) in [7, 11) is 4.39. The zero-order valence-electron chi connectivity index (χ0n) is 50.7. The summed E-state index contributed by atoms with van der Waals surface area (Å²) in [5.41, 5.74) is 11.3. The molecule has 11 fully saturated rings. The van der Waals surface area contributed by atoms with E-state index in [0.717, 1.165) is 86.3 Å². The van der Waals surface area contributed by atoms with Gasteiger partial charge in [0.15, 0.2) is 17.5 Å². The van der Waals surface area contributed by atoms with E-state index >= 15 is 4.79 Å². The molecule has 10 saturated carbocycles. The molecule has 6 aliphatic heterocycles. The molecule has 10 nitrogen and oxygen atoms in total. The van der Waals surface area contributed by atoms with Crippen LogP contribution in [0.2, 0.25) is 0 Å². The summed E-state index contributed by atoms with van der Waals surface area (Å²) in [4.78, 5) is 35.9. The predicted octanol–water partition coefficient (Wildman–Crippen LogP) is 15.0. The van der Waals surface area contributed by atoms with E-state index < -0.39 is 17.3 Å². The number of amides is 1. The smallest absolute Gasteiger partial charge is 0.303 e. The summed E-state index contributed by atoms with van der Waals surface area (Å²) in [5.74, 6) is 6.22. The lowest BCUT2D eigenvalue weighted by atomic mass is 9.40. The second-order valence-corrected chi connectivity index (χ2v) is 34.1. The first-order valence-electron chi connectivity index (χ1n) is 34.6. The Morgan fingerprint density at radius 1 is 0.786 bits per heavy atom. The van der Waals surface area contributed by atoms with Crippen molar-refractivity contribution in [3.63, 3.8) is 0 Å². The molecule has 10 bridgehead atoms. The second-order valence-electron chi connectivity index (χ2n) is 31.4. The van der Waals surface area contributed by atoms with Gasteiger partial charge in [-0.2, -0.15) is 0 Å². The predicted molar refractivity (Wildman–Crippen MR) is 334 cm³/mol. The Kier molecular flexibility index (Phi) is 13.7. The Bertz CT molecular complexity index is 2980. The average molecular weight is 1180 g/mol. The molecular weight excluding hydrogens is 1080 g/mol. The van der Waals surface area contributed by atoms with Crippen molar-refractivity contribution in [1.29, 1.82) is 0 Å². The first-order valence-corrected chi connectivity index (χ1v) is 36.9. The standard InChI is InChI=1S/C72H98N4O6S2/c1-46(77)81-66-32-22-48-37-51(62(80)63-61(48)49-23-34-70(82-63)29-8-15-54(70)38-49)43-76-45-67(41-60(76)79)55(20-21-58(67)47-11-3-2-4-12-47)42-74-64(73)75-72(31-10-27-65(72)25-5-6-26-65)84-83-44-56-17-16-50(57(24-33-66)59(78)40-66)39-69(56)36-35-68-28-7-13-52(68)18-19-53-14-9-30-71(53,68)69/h2-4,11-12,23,34,37,49-50,52-59,78,80H,5-10,13-22,24-33,35-36,38-45H2,1H3,(H3,73,74,75)/t49-,50+,52+,53-,54+,55+,56+,57+,58+,59+,66-,67-,68-,69+,70+,71+,72-/m0/s1. The first-order chi connectivity index (χ1) is 40.8. The van der Waals surface area contributed by atoms with Gasteiger partial charge in [-0.3, -0.25) is 14.6 Å². The van der Waals surface area contributed by atoms with E-state index in [2.05, 4.69) is 75.5 Å². The lowest BCUT2D eigenvalue weighted by Crippen LogP contribution is -2.59. The van der Waals surface area contributed by atoms with E-state index in [1.165, 1.54) is 133 Å². The Labute approximate surface area is 509 Å². The number of aromatic hydroxyl groups is 1. The number of phenols is 1. The number of esters is 1. The number of aryl methyl sites for hydroxylation is 1. The molecule has 19 rings (SSSR count). The Hall–Kier alpha value is -3.35. The number of benzene rings is 2. The van der Waals surface area contributed by atoms with E-state index in [9.17, 15) is 15.0 Å². The number of hydrogen-bond donors (Lipinski definition) is 4. The molecule has 0 unspecified atom stereocenters. The van der Waals surface area contributed by atoms with E-state index in [4.69, 9.17) is 20.2 Å². The van der Waals surface area contributed by atoms with Crippen LogP contribution in [0.25, 0.3) is 0 Å². The van der Waals surface area contributed by atoms with Gasteiger partial charge < -0.3 is 35.6 Å². The maximum absolute atomic E-state index is 15.1. The second kappa shape index (κ2) is 20.6. The van der Waals surface area contributed by atoms with Gasteiger partial charge in [-0.05, 0) is 248 Å². The number of fused-ring (bicyclic) bond motifs is 1. The monoisotopic (exact) mass is 1180 g/mol. The molecule has 1 amide bonds. The molecule has 7 spiro atoms. The highest BCUT2D eigenvalue weighted by molar-refractivity contribution is 8.77. The van der Waals surface area contributed by atoms with Gasteiger partial charge in [-0.15, -0.1) is 0 Å². The highest BCUT2D eigenvalue weighted by Gasteiger charge is 2.76. The number of nitrogens with zero attached hydrogens (tertiary/aromatic N) is 2. The number of allylic oxidation sites excluding steroid dienone is 1. The largest absolute Gasteiger partial charge is 0.504 e. The Balaban J connectivity index is 0.802. The topological polar surface area (TPSA) is 147 Å². The van der Waals surface area contributed by atoms with Gasteiger partial charge in [0.25, 0.3) is 0 Å². The van der Waals surface area contributed by atoms with Crippen LogP contribution in [0.5, 0.6) is 11.5 Å². The van der Waals surface area contributed by atoms with E-state index in [-0.39, 0.29) is 69.0 Å². The maximum Gasteiger partial charge on any atom is 0.303 e. The number of aliphatic imine (C=N–C) groups is 1. The van der Waals surface area contributed by atoms with Crippen molar-refractivity contribution < 1.29 is 29.3 Å². The van der Waals surface area contributed by atoms with Crippen LogP contribution >= 0.6 is 21.6 Å². The van der Waals surface area contributed by atoms with Crippen LogP contribution in [0.15, 0.2) is 53.5 Å². The number of hydrogen-bond acceptors (Lipinski definition) is 11. The van der Waals surface area contributed by atoms with Crippen LogP contribution in [-0.4, -0.2) is 74.0 Å². The molecule has 2 aromatic rings. The lowest BCUT2D eigenvalue weighted by Gasteiger charge is -2.65. The molecule has 5 N–H and O–H groups in total. The summed E-state index contributed by atoms with van der Waals surface area (Å²) in [6.07, 6.45) is 40.5. The number of rotatable bonds is 2. The van der Waals surface area contributed by atoms with Crippen LogP contribution in [0.3, 0.4) is 0 Å². The highest BCUT2D eigenvalue weighted by atomic mass is 33.1. The third-order valence-corrected chi connectivity index (χ3v) is 32.0. The minimum Gasteiger partial charge on any atom is -0.504 e. The van der Waals surface area contributed by atoms with E-state index in [1.807, 2.05) is 4.90 Å². The minimum absolute atomic E-state index is 0.0917. The van der Waals surface area contributed by atoms with Crippen molar-refractivity contribution in [1.82, 2.24) is 10.2 Å². The van der Waals surface area contributed by atoms with Gasteiger partial charge in [-0.25, -0.2) is 0 Å². The fourth-order valence-electron chi connectivity index (χ4n) is 25.5. The van der Waals surface area contributed by atoms with Crippen molar-refractivity contribution in [2.45, 2.75) is 253 Å². The number of aliphatic hydroxyl groups excluding tert-OH is 1. The van der Waals surface area contributed by atoms with Crippen molar-refractivity contribution in [3.05, 3.63) is 70.8 Å². The first kappa shape index (κ1) is 55.9. The number of nitrogens with one attached hydrogen (secondary N) is 1. The van der Waals surface area contributed by atoms with Crippen LogP contribution < -0.4 is 15.8 Å². The minimum atomic E-state index is -0.809. The summed E-state index contributed by atoms with van der Waals surface area (Å²) in [6.45, 7) is 3.02. The van der Waals surface area contributed by atoms with Gasteiger partial charge >= 0.3 is 5.97 Å². The maximum atomic E-state index is 15.1. The van der Waals surface area contributed by atoms with Gasteiger partial charge in [0.2, 0.25) is 5.91 Å². The normalized spacial score (nSPS) is 45.4. The van der Waals surface area contributed by atoms with E-state index in [1.54, 1.807) is 6.92 Å². The van der Waals surface area contributed by atoms with Crippen LogP contribution in [0.1, 0.15) is 240 Å². The SMILES string of the molecule is CC(=O)O[C@@]12CCc3cc(c(O)c4c3[C@H]3C=C[C@@]5(CCC[C@@H]5C3)O4)CN3C[C@@]4(CC3=O)[C@H](CC[C@@H]4c3ccccc3)CN=C(N)N[C@@]3(CCCC34CCCC4)SSC[C@H]3CC[C@H](C[C@]34CC[C@@]35CCC[C@@H]3CC[C@@H]3CCC[C@@]354)[C@@H](CC1)[C@H](O)C2. The van der Waals surface area contributed by atoms with E-state index in [0.29, 0.717) is 79.1 Å². The molecule has 11 aliphatic carbocycles. The third kappa shape index (κ3) is 8.19. The fraction of sp³-hybridized carbons (Fsp3) is 0.764. The molecule has 1 saturated heterocycles. The molecule has 6 heterocycles. The fourth-order valence-corrected chi connectivity index (χ4v) is 29.5. The molecule has 0 aromatic heterocycles. The molecule has 0 radical (unpaired) electrons. The summed E-state index contributed by atoms with van der Waals surface area (Å²) < 4.78 is 14.0. The zero-order valence-corrected chi connectivity index (χ0v) is 52.3. The summed E-state index contributed by atoms with van der Waals surface area (Å²) in [6, 6.07) is 13.1. The zero-order chi connectivity index (χ0) is 56.9.